The number of carbonyl (C=O) groups excluding carboxylic acids is 1. The fraction of sp³-hybridized carbons (Fsp3) is 0.235. The highest BCUT2D eigenvalue weighted by Crippen LogP contribution is 2.21. The molecule has 0 fully saturated rings. The van der Waals surface area contributed by atoms with Crippen LogP contribution in [0.25, 0.3) is 0 Å². The van der Waals surface area contributed by atoms with Crippen molar-refractivity contribution < 1.29 is 26.7 Å². The number of sulfonamides is 1. The van der Waals surface area contributed by atoms with E-state index < -0.39 is 38.6 Å². The third-order valence-corrected chi connectivity index (χ3v) is 4.98. The molecule has 0 aliphatic heterocycles. The SMILES string of the molecule is Cc1cccc(O[C@@H](C)C(=O)NNS(=O)(=O)c2ccc(F)c(F)c2)c1C. The summed E-state index contributed by atoms with van der Waals surface area (Å²) in [6.07, 6.45) is -0.997. The molecule has 0 saturated heterocycles. The van der Waals surface area contributed by atoms with Crippen LogP contribution in [0.2, 0.25) is 0 Å². The van der Waals surface area contributed by atoms with E-state index in [9.17, 15) is 22.0 Å². The summed E-state index contributed by atoms with van der Waals surface area (Å²) in [6, 6.07) is 7.43. The first-order valence-electron chi connectivity index (χ1n) is 7.61. The Morgan fingerprint density at radius 2 is 1.81 bits per heavy atom. The minimum Gasteiger partial charge on any atom is -0.481 e. The molecule has 6 nitrogen and oxygen atoms in total. The molecule has 0 saturated carbocycles. The van der Waals surface area contributed by atoms with Gasteiger partial charge in [0.05, 0.1) is 4.90 Å². The van der Waals surface area contributed by atoms with E-state index in [-0.39, 0.29) is 0 Å². The van der Waals surface area contributed by atoms with Crippen LogP contribution in [0.1, 0.15) is 18.1 Å². The van der Waals surface area contributed by atoms with E-state index in [1.54, 1.807) is 12.1 Å². The molecule has 1 amide bonds. The summed E-state index contributed by atoms with van der Waals surface area (Å²) in [6.45, 7) is 5.17. The molecule has 1 atom stereocenters. The van der Waals surface area contributed by atoms with Crippen molar-refractivity contribution in [3.8, 4) is 5.75 Å². The third kappa shape index (κ3) is 4.55. The van der Waals surface area contributed by atoms with E-state index >= 15 is 0 Å². The molecule has 0 spiro atoms. The molecule has 0 radical (unpaired) electrons. The highest BCUT2D eigenvalue weighted by Gasteiger charge is 2.21. The maximum atomic E-state index is 13.2. The van der Waals surface area contributed by atoms with Gasteiger partial charge in [-0.25, -0.2) is 17.2 Å². The van der Waals surface area contributed by atoms with Crippen molar-refractivity contribution in [2.75, 3.05) is 0 Å². The molecule has 0 bridgehead atoms. The van der Waals surface area contributed by atoms with Gasteiger partial charge in [-0.15, -0.1) is 4.83 Å². The monoisotopic (exact) mass is 384 g/mol. The number of carbonyl (C=O) groups is 1. The van der Waals surface area contributed by atoms with E-state index in [0.717, 1.165) is 17.2 Å². The lowest BCUT2D eigenvalue weighted by molar-refractivity contribution is -0.127. The van der Waals surface area contributed by atoms with E-state index in [2.05, 4.69) is 0 Å². The van der Waals surface area contributed by atoms with E-state index in [1.165, 1.54) is 6.92 Å². The summed E-state index contributed by atoms with van der Waals surface area (Å²) in [5.74, 6) is -2.75. The van der Waals surface area contributed by atoms with Crippen molar-refractivity contribution in [1.82, 2.24) is 10.3 Å². The molecule has 0 aliphatic rings. The number of hydrazine groups is 1. The average molecular weight is 384 g/mol. The van der Waals surface area contributed by atoms with Gasteiger partial charge in [-0.05, 0) is 56.2 Å². The molecule has 0 heterocycles. The fourth-order valence-corrected chi connectivity index (χ4v) is 2.88. The van der Waals surface area contributed by atoms with E-state index in [0.29, 0.717) is 17.9 Å². The van der Waals surface area contributed by atoms with Crippen LogP contribution in [-0.4, -0.2) is 20.4 Å². The van der Waals surface area contributed by atoms with Crippen molar-refractivity contribution in [3.05, 3.63) is 59.2 Å². The van der Waals surface area contributed by atoms with Crippen LogP contribution >= 0.6 is 0 Å². The standard InChI is InChI=1S/C17H18F2N2O4S/c1-10-5-4-6-16(11(10)2)25-12(3)17(22)20-21-26(23,24)13-7-8-14(18)15(19)9-13/h4-9,12,21H,1-3H3,(H,20,22)/t12-/m0/s1. The Balaban J connectivity index is 2.02. The van der Waals surface area contributed by atoms with Crippen molar-refractivity contribution in [2.45, 2.75) is 31.8 Å². The lowest BCUT2D eigenvalue weighted by Crippen LogP contribution is -2.47. The molecule has 26 heavy (non-hydrogen) atoms. The molecule has 0 aromatic heterocycles. The smallest absolute Gasteiger partial charge is 0.275 e. The maximum absolute atomic E-state index is 13.2. The lowest BCUT2D eigenvalue weighted by atomic mass is 10.1. The number of nitrogens with one attached hydrogen (secondary N) is 2. The fourth-order valence-electron chi connectivity index (χ4n) is 2.02. The number of hydrogen-bond donors (Lipinski definition) is 2. The molecular weight excluding hydrogens is 366 g/mol. The third-order valence-electron chi connectivity index (χ3n) is 3.74. The van der Waals surface area contributed by atoms with Gasteiger partial charge in [0.15, 0.2) is 17.7 Å². The molecule has 0 aliphatic carbocycles. The molecular formula is C17H18F2N2O4S. The van der Waals surface area contributed by atoms with Crippen LogP contribution in [0.15, 0.2) is 41.3 Å². The second kappa shape index (κ2) is 7.79. The number of benzene rings is 2. The zero-order valence-electron chi connectivity index (χ0n) is 14.3. The van der Waals surface area contributed by atoms with Crippen LogP contribution in [0.4, 0.5) is 8.78 Å². The van der Waals surface area contributed by atoms with E-state index in [1.807, 2.05) is 30.2 Å². The number of hydrogen-bond acceptors (Lipinski definition) is 4. The topological polar surface area (TPSA) is 84.5 Å². The summed E-state index contributed by atoms with van der Waals surface area (Å²) < 4.78 is 55.7. The summed E-state index contributed by atoms with van der Waals surface area (Å²) in [4.78, 5) is 13.3. The lowest BCUT2D eigenvalue weighted by Gasteiger charge is -2.17. The Labute approximate surface area is 150 Å². The number of aryl methyl sites for hydroxylation is 1. The molecule has 9 heteroatoms. The van der Waals surface area contributed by atoms with Crippen molar-refractivity contribution in [3.63, 3.8) is 0 Å². The minimum absolute atomic E-state index is 0.496. The summed E-state index contributed by atoms with van der Waals surface area (Å²) in [7, 11) is -4.26. The largest absolute Gasteiger partial charge is 0.481 e. The summed E-state index contributed by atoms with van der Waals surface area (Å²) in [5.41, 5.74) is 3.83. The van der Waals surface area contributed by atoms with Gasteiger partial charge in [-0.2, -0.15) is 0 Å². The van der Waals surface area contributed by atoms with Crippen LogP contribution in [-0.2, 0) is 14.8 Å². The number of ether oxygens (including phenoxy) is 1. The molecule has 140 valence electrons. The summed E-state index contributed by atoms with van der Waals surface area (Å²) in [5, 5.41) is 0. The number of halogens is 2. The Bertz CT molecular complexity index is 932. The molecule has 0 unspecified atom stereocenters. The Morgan fingerprint density at radius 1 is 1.12 bits per heavy atom. The quantitative estimate of drug-likeness (QED) is 0.749. The Kier molecular flexibility index (Phi) is 5.94. The zero-order valence-corrected chi connectivity index (χ0v) is 15.2. The van der Waals surface area contributed by atoms with Crippen molar-refractivity contribution >= 4 is 15.9 Å². The molecule has 2 rings (SSSR count). The normalized spacial score (nSPS) is 12.5. The van der Waals surface area contributed by atoms with Gasteiger partial charge in [0.25, 0.3) is 15.9 Å². The minimum atomic E-state index is -4.26. The first-order chi connectivity index (χ1) is 12.1. The first-order valence-corrected chi connectivity index (χ1v) is 9.09. The van der Waals surface area contributed by atoms with E-state index in [4.69, 9.17) is 4.74 Å². The van der Waals surface area contributed by atoms with Crippen LogP contribution in [0, 0.1) is 25.5 Å². The van der Waals surface area contributed by atoms with Crippen LogP contribution in [0.3, 0.4) is 0 Å². The number of amides is 1. The van der Waals surface area contributed by atoms with Gasteiger partial charge >= 0.3 is 0 Å². The average Bonchev–Trinajstić information content (AvgIpc) is 2.59. The van der Waals surface area contributed by atoms with Crippen LogP contribution < -0.4 is 15.0 Å². The van der Waals surface area contributed by atoms with Gasteiger partial charge in [-0.3, -0.25) is 10.2 Å². The van der Waals surface area contributed by atoms with Crippen LogP contribution in [0.5, 0.6) is 5.75 Å². The Hall–Kier alpha value is -2.52. The highest BCUT2D eigenvalue weighted by atomic mass is 32.2. The van der Waals surface area contributed by atoms with Gasteiger partial charge in [0.1, 0.15) is 5.75 Å². The van der Waals surface area contributed by atoms with Gasteiger partial charge < -0.3 is 4.74 Å². The van der Waals surface area contributed by atoms with Gasteiger partial charge in [0.2, 0.25) is 0 Å². The first kappa shape index (κ1) is 19.8. The van der Waals surface area contributed by atoms with Crippen molar-refractivity contribution in [2.24, 2.45) is 0 Å². The molecule has 2 N–H and O–H groups in total. The highest BCUT2D eigenvalue weighted by molar-refractivity contribution is 7.89. The van der Waals surface area contributed by atoms with Gasteiger partial charge in [0, 0.05) is 0 Å². The second-order valence-corrected chi connectivity index (χ2v) is 7.31. The summed E-state index contributed by atoms with van der Waals surface area (Å²) >= 11 is 0. The predicted molar refractivity (Wildman–Crippen MR) is 90.8 cm³/mol. The number of rotatable bonds is 6. The second-order valence-electron chi connectivity index (χ2n) is 5.63. The zero-order chi connectivity index (χ0) is 19.5. The molecule has 2 aromatic carbocycles. The molecule has 2 aromatic rings. The Morgan fingerprint density at radius 3 is 2.46 bits per heavy atom. The predicted octanol–water partition coefficient (Wildman–Crippen LogP) is 2.36. The van der Waals surface area contributed by atoms with Crippen molar-refractivity contribution in [1.29, 1.82) is 0 Å². The maximum Gasteiger partial charge on any atom is 0.275 e. The van der Waals surface area contributed by atoms with Gasteiger partial charge in [-0.1, -0.05) is 12.1 Å².